The van der Waals surface area contributed by atoms with Crippen LogP contribution in [0.2, 0.25) is 0 Å². The van der Waals surface area contributed by atoms with Crippen molar-refractivity contribution >= 4 is 65.6 Å². The molecule has 0 saturated heterocycles. The van der Waals surface area contributed by atoms with Crippen molar-refractivity contribution in [2.75, 3.05) is 0 Å². The Balaban J connectivity index is 1.57. The summed E-state index contributed by atoms with van der Waals surface area (Å²) in [4.78, 5) is 3.01. The minimum atomic E-state index is -0.865. The summed E-state index contributed by atoms with van der Waals surface area (Å²) in [5.74, 6) is -1.28. The van der Waals surface area contributed by atoms with Crippen molar-refractivity contribution in [2.24, 2.45) is 5.92 Å². The van der Waals surface area contributed by atoms with Gasteiger partial charge >= 0.3 is 0 Å². The molecule has 9 heteroatoms. The molecule has 3 nitrogen and oxygen atoms in total. The Hall–Kier alpha value is -1.16. The minimum Gasteiger partial charge on any atom is -0.203 e. The maximum Gasteiger partial charge on any atom is 0.170 e. The van der Waals surface area contributed by atoms with E-state index in [0.717, 1.165) is 20.4 Å². The summed E-state index contributed by atoms with van der Waals surface area (Å²) < 4.78 is 33.3. The van der Waals surface area contributed by atoms with Crippen molar-refractivity contribution in [3.8, 4) is 20.9 Å². The lowest BCUT2D eigenvalue weighted by molar-refractivity contribution is 0.326. The van der Waals surface area contributed by atoms with Crippen molar-refractivity contribution < 1.29 is 8.78 Å². The van der Waals surface area contributed by atoms with Crippen LogP contribution in [0.3, 0.4) is 0 Å². The van der Waals surface area contributed by atoms with E-state index in [9.17, 15) is 0 Å². The number of halogens is 4. The van der Waals surface area contributed by atoms with Gasteiger partial charge in [0.05, 0.1) is 25.2 Å². The molecule has 43 heavy (non-hydrogen) atoms. The van der Waals surface area contributed by atoms with Gasteiger partial charge in [-0.1, -0.05) is 104 Å². The summed E-state index contributed by atoms with van der Waals surface area (Å²) in [5, 5.41) is 9.74. The Morgan fingerprint density at radius 3 is 1.40 bits per heavy atom. The number of aromatic nitrogens is 3. The van der Waals surface area contributed by atoms with E-state index >= 15 is 8.78 Å². The minimum absolute atomic E-state index is 0.198. The Kier molecular flexibility index (Phi) is 14.6. The summed E-state index contributed by atoms with van der Waals surface area (Å²) in [6.07, 6.45) is 20.3. The first kappa shape index (κ1) is 34.7. The van der Waals surface area contributed by atoms with Gasteiger partial charge in [-0.25, -0.2) is 8.78 Å². The molecule has 3 aromatic heterocycles. The van der Waals surface area contributed by atoms with Crippen molar-refractivity contribution in [1.29, 1.82) is 0 Å². The van der Waals surface area contributed by atoms with E-state index < -0.39 is 11.6 Å². The van der Waals surface area contributed by atoms with Crippen molar-refractivity contribution in [3.63, 3.8) is 0 Å². The zero-order chi connectivity index (χ0) is 30.6. The van der Waals surface area contributed by atoms with Crippen molar-refractivity contribution in [1.82, 2.24) is 15.0 Å². The van der Waals surface area contributed by atoms with Crippen LogP contribution in [0.5, 0.6) is 0 Å². The maximum absolute atomic E-state index is 15.8. The van der Waals surface area contributed by atoms with Crippen LogP contribution < -0.4 is 0 Å². The molecule has 0 N–H and O–H groups in total. The molecule has 3 heterocycles. The standard InChI is InChI=1S/C34H45Br2F2N3S2/c1-3-5-7-9-11-12-14-16-18-24(17-15-13-10-8-6-4-2)23-41-39-33-29(25-19-21-27(35)42-25)31(37)32(38)30(34(33)40-41)26-20-22-28(36)43-26/h19-22,24H,3-18,23H2,1-2H3. The second-order valence-corrected chi connectivity index (χ2v) is 16.6. The highest BCUT2D eigenvalue weighted by Crippen LogP contribution is 2.44. The van der Waals surface area contributed by atoms with Gasteiger partial charge in [0.15, 0.2) is 11.6 Å². The fraction of sp³-hybridized carbons (Fsp3) is 0.588. The molecule has 4 rings (SSSR count). The molecule has 4 aromatic rings. The quantitative estimate of drug-likeness (QED) is 0.0841. The Labute approximate surface area is 281 Å². The summed E-state index contributed by atoms with van der Waals surface area (Å²) in [7, 11) is 0. The Morgan fingerprint density at radius 2 is 1.02 bits per heavy atom. The van der Waals surface area contributed by atoms with E-state index in [0.29, 0.717) is 33.3 Å². The lowest BCUT2D eigenvalue weighted by Gasteiger charge is -2.16. The molecule has 0 saturated carbocycles. The predicted molar refractivity (Wildman–Crippen MR) is 188 cm³/mol. The molecule has 0 spiro atoms. The van der Waals surface area contributed by atoms with E-state index in [-0.39, 0.29) is 11.1 Å². The summed E-state index contributed by atoms with van der Waals surface area (Å²) >= 11 is 9.71. The number of nitrogens with zero attached hydrogens (tertiary/aromatic N) is 3. The lowest BCUT2D eigenvalue weighted by atomic mass is 9.94. The van der Waals surface area contributed by atoms with Gasteiger partial charge in [-0.15, -0.1) is 22.7 Å². The van der Waals surface area contributed by atoms with Crippen LogP contribution in [0.1, 0.15) is 117 Å². The molecule has 0 fully saturated rings. The van der Waals surface area contributed by atoms with E-state index in [1.54, 1.807) is 4.80 Å². The zero-order valence-corrected chi connectivity index (χ0v) is 30.4. The predicted octanol–water partition coefficient (Wildman–Crippen LogP) is 13.6. The second-order valence-electron chi connectivity index (χ2n) is 11.7. The molecule has 0 radical (unpaired) electrons. The fourth-order valence-corrected chi connectivity index (χ4v) is 8.73. The van der Waals surface area contributed by atoms with Crippen LogP contribution in [0.4, 0.5) is 8.78 Å². The lowest BCUT2D eigenvalue weighted by Crippen LogP contribution is -2.14. The van der Waals surface area contributed by atoms with Gasteiger partial charge in [0, 0.05) is 9.75 Å². The number of hydrogen-bond donors (Lipinski definition) is 0. The topological polar surface area (TPSA) is 30.7 Å². The highest BCUT2D eigenvalue weighted by Gasteiger charge is 2.27. The van der Waals surface area contributed by atoms with Gasteiger partial charge in [-0.2, -0.15) is 15.0 Å². The van der Waals surface area contributed by atoms with Gasteiger partial charge < -0.3 is 0 Å². The zero-order valence-electron chi connectivity index (χ0n) is 25.6. The smallest absolute Gasteiger partial charge is 0.170 e. The third kappa shape index (κ3) is 9.91. The van der Waals surface area contributed by atoms with E-state index in [1.165, 1.54) is 113 Å². The first-order chi connectivity index (χ1) is 20.9. The second kappa shape index (κ2) is 18.1. The summed E-state index contributed by atoms with van der Waals surface area (Å²) in [6.45, 7) is 5.19. The SMILES string of the molecule is CCCCCCCCCCC(CCCCCCCC)Cn1nc2c(-c3ccc(Br)s3)c(F)c(F)c(-c3ccc(Br)s3)c2n1. The van der Waals surface area contributed by atoms with Crippen LogP contribution in [-0.2, 0) is 6.54 Å². The van der Waals surface area contributed by atoms with Crippen molar-refractivity contribution in [2.45, 2.75) is 123 Å². The molecule has 0 aliphatic rings. The molecular weight excluding hydrogens is 712 g/mol. The highest BCUT2D eigenvalue weighted by atomic mass is 79.9. The number of rotatable bonds is 20. The summed E-state index contributed by atoms with van der Waals surface area (Å²) in [6, 6.07) is 7.35. The van der Waals surface area contributed by atoms with Crippen LogP contribution in [0.25, 0.3) is 31.9 Å². The van der Waals surface area contributed by atoms with Gasteiger partial charge in [-0.3, -0.25) is 0 Å². The third-order valence-electron chi connectivity index (χ3n) is 8.25. The van der Waals surface area contributed by atoms with Crippen LogP contribution in [0.15, 0.2) is 31.8 Å². The first-order valence-electron chi connectivity index (χ1n) is 16.2. The molecule has 0 amide bonds. The number of unbranched alkanes of at least 4 members (excludes halogenated alkanes) is 12. The largest absolute Gasteiger partial charge is 0.203 e. The molecule has 0 bridgehead atoms. The molecule has 1 aromatic carbocycles. The van der Waals surface area contributed by atoms with Crippen LogP contribution in [0, 0.1) is 17.6 Å². The number of thiophene rings is 2. The van der Waals surface area contributed by atoms with Gasteiger partial charge in [-0.05, 0) is 74.9 Å². The normalized spacial score (nSPS) is 12.5. The molecule has 1 atom stereocenters. The monoisotopic (exact) mass is 755 g/mol. The molecule has 0 aliphatic carbocycles. The van der Waals surface area contributed by atoms with Gasteiger partial charge in [0.2, 0.25) is 0 Å². The highest BCUT2D eigenvalue weighted by molar-refractivity contribution is 9.11. The first-order valence-corrected chi connectivity index (χ1v) is 19.4. The van der Waals surface area contributed by atoms with E-state index in [4.69, 9.17) is 10.2 Å². The fourth-order valence-electron chi connectivity index (χ4n) is 5.88. The summed E-state index contributed by atoms with van der Waals surface area (Å²) in [5.41, 5.74) is 1.25. The number of benzene rings is 1. The number of hydrogen-bond acceptors (Lipinski definition) is 4. The van der Waals surface area contributed by atoms with Crippen LogP contribution in [-0.4, -0.2) is 15.0 Å². The van der Waals surface area contributed by atoms with E-state index in [2.05, 4.69) is 45.7 Å². The Morgan fingerprint density at radius 1 is 0.628 bits per heavy atom. The maximum atomic E-state index is 15.8. The Bertz CT molecular complexity index is 1330. The molecule has 236 valence electrons. The van der Waals surface area contributed by atoms with Gasteiger partial charge in [0.1, 0.15) is 11.0 Å². The average Bonchev–Trinajstić information content (AvgIpc) is 3.72. The van der Waals surface area contributed by atoms with Gasteiger partial charge in [0.25, 0.3) is 0 Å². The van der Waals surface area contributed by atoms with E-state index in [1.807, 2.05) is 24.3 Å². The van der Waals surface area contributed by atoms with Crippen LogP contribution >= 0.6 is 54.5 Å². The molecule has 1 unspecified atom stereocenters. The molecular formula is C34H45Br2F2N3S2. The average molecular weight is 758 g/mol. The number of fused-ring (bicyclic) bond motifs is 1. The third-order valence-corrected chi connectivity index (χ3v) is 11.5. The van der Waals surface area contributed by atoms with Crippen molar-refractivity contribution in [3.05, 3.63) is 43.5 Å². The molecule has 0 aliphatic heterocycles.